The van der Waals surface area contributed by atoms with Gasteiger partial charge in [-0.2, -0.15) is 0 Å². The van der Waals surface area contributed by atoms with Crippen molar-refractivity contribution in [3.8, 4) is 0 Å². The van der Waals surface area contributed by atoms with Gasteiger partial charge >= 0.3 is 0 Å². The molecule has 1 fully saturated rings. The van der Waals surface area contributed by atoms with E-state index in [9.17, 15) is 9.59 Å². The Morgan fingerprint density at radius 2 is 2.28 bits per heavy atom. The molecule has 0 aromatic carbocycles. The highest BCUT2D eigenvalue weighted by atomic mass is 16.5. The van der Waals surface area contributed by atoms with Crippen molar-refractivity contribution in [2.75, 3.05) is 6.54 Å². The molecule has 1 atom stereocenters. The van der Waals surface area contributed by atoms with Crippen molar-refractivity contribution in [2.24, 2.45) is 5.92 Å². The van der Waals surface area contributed by atoms with Crippen LogP contribution in [0.1, 0.15) is 25.3 Å². The first kappa shape index (κ1) is 12.6. The molecule has 0 aliphatic carbocycles. The van der Waals surface area contributed by atoms with E-state index >= 15 is 0 Å². The molecule has 1 aliphatic heterocycles. The van der Waals surface area contributed by atoms with Crippen LogP contribution >= 0.6 is 0 Å². The predicted molar refractivity (Wildman–Crippen MR) is 63.4 cm³/mol. The van der Waals surface area contributed by atoms with Crippen LogP contribution in [0.25, 0.3) is 0 Å². The molecule has 0 radical (unpaired) electrons. The molecular weight excluding hydrogens is 234 g/mol. The van der Waals surface area contributed by atoms with Crippen LogP contribution in [0.4, 0.5) is 0 Å². The second kappa shape index (κ2) is 4.80. The van der Waals surface area contributed by atoms with E-state index in [1.807, 2.05) is 13.8 Å². The third kappa shape index (κ3) is 2.37. The van der Waals surface area contributed by atoms with E-state index in [2.05, 4.69) is 10.5 Å². The lowest BCUT2D eigenvalue weighted by Gasteiger charge is -2.36. The summed E-state index contributed by atoms with van der Waals surface area (Å²) in [6.45, 7) is 6.00. The molecule has 2 rings (SSSR count). The molecule has 1 unspecified atom stereocenters. The number of aromatic nitrogens is 1. The number of rotatable bonds is 3. The first-order chi connectivity index (χ1) is 8.49. The van der Waals surface area contributed by atoms with E-state index in [-0.39, 0.29) is 24.3 Å². The Kier molecular flexibility index (Phi) is 3.36. The van der Waals surface area contributed by atoms with Crippen molar-refractivity contribution in [1.29, 1.82) is 0 Å². The Morgan fingerprint density at radius 1 is 1.56 bits per heavy atom. The Bertz CT molecular complexity index is 467. The zero-order chi connectivity index (χ0) is 13.3. The average molecular weight is 251 g/mol. The quantitative estimate of drug-likeness (QED) is 0.847. The summed E-state index contributed by atoms with van der Waals surface area (Å²) in [5, 5.41) is 6.47. The molecule has 0 saturated carbocycles. The minimum absolute atomic E-state index is 0.0545. The summed E-state index contributed by atoms with van der Waals surface area (Å²) in [7, 11) is 0. The Hall–Kier alpha value is -1.85. The molecule has 1 aliphatic rings. The van der Waals surface area contributed by atoms with Crippen molar-refractivity contribution in [1.82, 2.24) is 15.4 Å². The van der Waals surface area contributed by atoms with Gasteiger partial charge in [-0.1, -0.05) is 19.0 Å². The van der Waals surface area contributed by atoms with E-state index in [1.54, 1.807) is 17.9 Å². The molecule has 1 N–H and O–H groups in total. The molecule has 1 aromatic heterocycles. The lowest BCUT2D eigenvalue weighted by atomic mass is 9.99. The summed E-state index contributed by atoms with van der Waals surface area (Å²) >= 11 is 0. The van der Waals surface area contributed by atoms with Crippen LogP contribution in [0.15, 0.2) is 10.6 Å². The SMILES string of the molecule is Cc1cc(CN2C(=O)CNC(=O)C2C(C)C)no1. The normalized spacial score (nSPS) is 20.4. The van der Waals surface area contributed by atoms with E-state index in [0.717, 1.165) is 0 Å². The fraction of sp³-hybridized carbons (Fsp3) is 0.583. The van der Waals surface area contributed by atoms with Crippen LogP contribution in [0.3, 0.4) is 0 Å². The number of nitrogens with one attached hydrogen (secondary N) is 1. The molecule has 1 saturated heterocycles. The van der Waals surface area contributed by atoms with Gasteiger partial charge in [0.25, 0.3) is 0 Å². The second-order valence-corrected chi connectivity index (χ2v) is 4.86. The molecule has 0 spiro atoms. The van der Waals surface area contributed by atoms with Gasteiger partial charge in [-0.05, 0) is 12.8 Å². The second-order valence-electron chi connectivity index (χ2n) is 4.86. The van der Waals surface area contributed by atoms with Crippen LogP contribution in [0.5, 0.6) is 0 Å². The Balaban J connectivity index is 2.20. The predicted octanol–water partition coefficient (Wildman–Crippen LogP) is 0.466. The van der Waals surface area contributed by atoms with Gasteiger partial charge in [-0.15, -0.1) is 0 Å². The molecule has 6 nitrogen and oxygen atoms in total. The molecule has 2 heterocycles. The summed E-state index contributed by atoms with van der Waals surface area (Å²) in [4.78, 5) is 25.3. The van der Waals surface area contributed by atoms with Crippen molar-refractivity contribution in [3.05, 3.63) is 17.5 Å². The van der Waals surface area contributed by atoms with Gasteiger partial charge < -0.3 is 14.7 Å². The fourth-order valence-electron chi connectivity index (χ4n) is 2.18. The topological polar surface area (TPSA) is 75.4 Å². The molecule has 6 heteroatoms. The number of carbonyl (C=O) groups is 2. The average Bonchev–Trinajstić information content (AvgIpc) is 2.69. The standard InChI is InChI=1S/C12H17N3O3/c1-7(2)11-12(17)13-5-10(16)15(11)6-9-4-8(3)18-14-9/h4,7,11H,5-6H2,1-3H3,(H,13,17). The molecule has 98 valence electrons. The number of carbonyl (C=O) groups excluding carboxylic acids is 2. The summed E-state index contributed by atoms with van der Waals surface area (Å²) in [5.74, 6) is 0.557. The van der Waals surface area contributed by atoms with E-state index in [0.29, 0.717) is 18.0 Å². The lowest BCUT2D eigenvalue weighted by molar-refractivity contribution is -0.148. The first-order valence-corrected chi connectivity index (χ1v) is 5.98. The number of hydrogen-bond donors (Lipinski definition) is 1. The van der Waals surface area contributed by atoms with E-state index in [1.165, 1.54) is 0 Å². The number of amides is 2. The smallest absolute Gasteiger partial charge is 0.243 e. The highest BCUT2D eigenvalue weighted by Crippen LogP contribution is 2.18. The minimum Gasteiger partial charge on any atom is -0.361 e. The third-order valence-corrected chi connectivity index (χ3v) is 2.98. The molecule has 2 amide bonds. The van der Waals surface area contributed by atoms with Crippen LogP contribution in [-0.2, 0) is 16.1 Å². The number of hydrogen-bond acceptors (Lipinski definition) is 4. The molecule has 0 bridgehead atoms. The molecule has 18 heavy (non-hydrogen) atoms. The maximum atomic E-state index is 11.9. The van der Waals surface area contributed by atoms with Crippen LogP contribution in [-0.4, -0.2) is 34.5 Å². The van der Waals surface area contributed by atoms with Crippen LogP contribution < -0.4 is 5.32 Å². The number of piperazine rings is 1. The van der Waals surface area contributed by atoms with E-state index in [4.69, 9.17) is 4.52 Å². The lowest BCUT2D eigenvalue weighted by Crippen LogP contribution is -2.59. The van der Waals surface area contributed by atoms with Crippen LogP contribution in [0, 0.1) is 12.8 Å². The minimum atomic E-state index is -0.441. The van der Waals surface area contributed by atoms with Crippen molar-refractivity contribution < 1.29 is 14.1 Å². The Labute approximate surface area is 105 Å². The zero-order valence-corrected chi connectivity index (χ0v) is 10.8. The van der Waals surface area contributed by atoms with Crippen molar-refractivity contribution in [2.45, 2.75) is 33.4 Å². The summed E-state index contributed by atoms with van der Waals surface area (Å²) in [6.07, 6.45) is 0. The summed E-state index contributed by atoms with van der Waals surface area (Å²) in [6, 6.07) is 1.33. The van der Waals surface area contributed by atoms with Gasteiger partial charge in [0.15, 0.2) is 0 Å². The highest BCUT2D eigenvalue weighted by molar-refractivity contribution is 5.94. The van der Waals surface area contributed by atoms with Gasteiger partial charge in [0, 0.05) is 6.07 Å². The van der Waals surface area contributed by atoms with Gasteiger partial charge in [-0.25, -0.2) is 0 Å². The molecular formula is C12H17N3O3. The fourth-order valence-corrected chi connectivity index (χ4v) is 2.18. The maximum absolute atomic E-state index is 11.9. The van der Waals surface area contributed by atoms with Gasteiger partial charge in [0.2, 0.25) is 11.8 Å². The van der Waals surface area contributed by atoms with Gasteiger partial charge in [-0.3, -0.25) is 9.59 Å². The zero-order valence-electron chi connectivity index (χ0n) is 10.8. The number of aryl methyl sites for hydroxylation is 1. The van der Waals surface area contributed by atoms with E-state index < -0.39 is 6.04 Å². The Morgan fingerprint density at radius 3 is 2.83 bits per heavy atom. The highest BCUT2D eigenvalue weighted by Gasteiger charge is 2.36. The first-order valence-electron chi connectivity index (χ1n) is 5.98. The largest absolute Gasteiger partial charge is 0.361 e. The van der Waals surface area contributed by atoms with Crippen molar-refractivity contribution >= 4 is 11.8 Å². The van der Waals surface area contributed by atoms with Crippen LogP contribution in [0.2, 0.25) is 0 Å². The number of nitrogens with zero attached hydrogens (tertiary/aromatic N) is 2. The summed E-state index contributed by atoms with van der Waals surface area (Å²) in [5.41, 5.74) is 0.668. The maximum Gasteiger partial charge on any atom is 0.243 e. The van der Waals surface area contributed by atoms with Gasteiger partial charge in [0.05, 0.1) is 13.1 Å². The monoisotopic (exact) mass is 251 g/mol. The summed E-state index contributed by atoms with van der Waals surface area (Å²) < 4.78 is 4.98. The molecule has 1 aromatic rings. The van der Waals surface area contributed by atoms with Gasteiger partial charge in [0.1, 0.15) is 17.5 Å². The third-order valence-electron chi connectivity index (χ3n) is 2.98. The van der Waals surface area contributed by atoms with Crippen molar-refractivity contribution in [3.63, 3.8) is 0 Å².